The summed E-state index contributed by atoms with van der Waals surface area (Å²) in [5.74, 6) is 0.692. The second kappa shape index (κ2) is 8.77. The van der Waals surface area contributed by atoms with Crippen molar-refractivity contribution in [2.24, 2.45) is 4.99 Å². The van der Waals surface area contributed by atoms with Gasteiger partial charge in [-0.25, -0.2) is 9.37 Å². The highest BCUT2D eigenvalue weighted by Gasteiger charge is 2.20. The second-order valence-corrected chi connectivity index (χ2v) is 6.95. The summed E-state index contributed by atoms with van der Waals surface area (Å²) < 4.78 is 15.2. The van der Waals surface area contributed by atoms with Gasteiger partial charge in [0, 0.05) is 57.9 Å². The Balaban J connectivity index is 1.37. The van der Waals surface area contributed by atoms with Crippen LogP contribution in [0.15, 0.2) is 72.2 Å². The first-order valence-electron chi connectivity index (χ1n) is 9.77. The van der Waals surface area contributed by atoms with Crippen molar-refractivity contribution < 1.29 is 4.39 Å². The predicted octanol–water partition coefficient (Wildman–Crippen LogP) is 2.91. The fourth-order valence-electron chi connectivity index (χ4n) is 3.65. The first kappa shape index (κ1) is 19.0. The Kier molecular flexibility index (Phi) is 5.74. The molecule has 0 saturated carbocycles. The molecule has 6 nitrogen and oxygen atoms in total. The lowest BCUT2D eigenvalue weighted by atomic mass is 10.1. The van der Waals surface area contributed by atoms with E-state index in [0.29, 0.717) is 6.54 Å². The molecule has 1 aromatic heterocycles. The minimum absolute atomic E-state index is 0.201. The topological polar surface area (TPSA) is 48.7 Å². The highest BCUT2D eigenvalue weighted by atomic mass is 19.1. The molecule has 3 aromatic rings. The van der Waals surface area contributed by atoms with Crippen LogP contribution in [0.3, 0.4) is 0 Å². The summed E-state index contributed by atoms with van der Waals surface area (Å²) in [6, 6.07) is 15.0. The first-order valence-corrected chi connectivity index (χ1v) is 9.77. The molecule has 0 unspecified atom stereocenters. The summed E-state index contributed by atoms with van der Waals surface area (Å²) in [6.07, 6.45) is 5.54. The van der Waals surface area contributed by atoms with E-state index in [4.69, 9.17) is 0 Å². The summed E-state index contributed by atoms with van der Waals surface area (Å²) >= 11 is 0. The molecule has 0 spiro atoms. The molecule has 1 aliphatic rings. The van der Waals surface area contributed by atoms with Gasteiger partial charge < -0.3 is 19.7 Å². The summed E-state index contributed by atoms with van der Waals surface area (Å²) in [6.45, 7) is 4.15. The van der Waals surface area contributed by atoms with E-state index in [2.05, 4.69) is 37.2 Å². The molecule has 150 valence electrons. The maximum absolute atomic E-state index is 13.2. The molecule has 0 bridgehead atoms. The van der Waals surface area contributed by atoms with Crippen LogP contribution in [-0.4, -0.2) is 53.6 Å². The Bertz CT molecular complexity index is 944. The fraction of sp³-hybridized carbons (Fsp3) is 0.273. The van der Waals surface area contributed by atoms with E-state index in [0.717, 1.165) is 43.5 Å². The summed E-state index contributed by atoms with van der Waals surface area (Å²) in [4.78, 5) is 13.2. The molecule has 1 N–H and O–H groups in total. The van der Waals surface area contributed by atoms with Crippen LogP contribution in [0.2, 0.25) is 0 Å². The number of aromatic nitrogens is 2. The minimum atomic E-state index is -0.201. The molecule has 7 heteroatoms. The van der Waals surface area contributed by atoms with Crippen molar-refractivity contribution in [1.82, 2.24) is 19.8 Å². The molecule has 1 aliphatic heterocycles. The highest BCUT2D eigenvalue weighted by molar-refractivity contribution is 5.80. The van der Waals surface area contributed by atoms with Gasteiger partial charge in [0.2, 0.25) is 0 Å². The number of aliphatic imine (C=N–C) groups is 1. The quantitative estimate of drug-likeness (QED) is 0.548. The smallest absolute Gasteiger partial charge is 0.194 e. The third kappa shape index (κ3) is 4.39. The van der Waals surface area contributed by atoms with Crippen molar-refractivity contribution >= 4 is 11.6 Å². The van der Waals surface area contributed by atoms with Gasteiger partial charge in [-0.1, -0.05) is 18.2 Å². The average Bonchev–Trinajstić information content (AvgIpc) is 3.30. The van der Waals surface area contributed by atoms with E-state index in [-0.39, 0.29) is 5.82 Å². The van der Waals surface area contributed by atoms with Crippen molar-refractivity contribution in [2.45, 2.75) is 6.54 Å². The predicted molar refractivity (Wildman–Crippen MR) is 114 cm³/mol. The second-order valence-electron chi connectivity index (χ2n) is 6.95. The molecule has 2 aromatic carbocycles. The van der Waals surface area contributed by atoms with E-state index < -0.39 is 0 Å². The van der Waals surface area contributed by atoms with Gasteiger partial charge in [-0.2, -0.15) is 0 Å². The van der Waals surface area contributed by atoms with Crippen LogP contribution in [-0.2, 0) is 6.54 Å². The zero-order chi connectivity index (χ0) is 20.1. The van der Waals surface area contributed by atoms with E-state index in [1.807, 2.05) is 48.4 Å². The normalized spacial score (nSPS) is 14.9. The number of benzene rings is 2. The lowest BCUT2D eigenvalue weighted by Crippen LogP contribution is -2.52. The molecule has 29 heavy (non-hydrogen) atoms. The third-order valence-electron chi connectivity index (χ3n) is 5.19. The van der Waals surface area contributed by atoms with E-state index >= 15 is 0 Å². The number of nitrogens with zero attached hydrogens (tertiary/aromatic N) is 5. The largest absolute Gasteiger partial charge is 0.368 e. The zero-order valence-electron chi connectivity index (χ0n) is 16.5. The SMILES string of the molecule is CN=C(NCc1ccccc1-n1ccnc1)N1CCN(c2ccc(F)cc2)CC1. The number of hydrogen-bond donors (Lipinski definition) is 1. The Morgan fingerprint density at radius 3 is 2.52 bits per heavy atom. The lowest BCUT2D eigenvalue weighted by Gasteiger charge is -2.37. The van der Waals surface area contributed by atoms with Crippen LogP contribution in [0, 0.1) is 5.82 Å². The number of guanidine groups is 1. The molecule has 0 radical (unpaired) electrons. The van der Waals surface area contributed by atoms with Gasteiger partial charge in [0.25, 0.3) is 0 Å². The third-order valence-corrected chi connectivity index (χ3v) is 5.19. The van der Waals surface area contributed by atoms with E-state index in [1.54, 1.807) is 6.20 Å². The van der Waals surface area contributed by atoms with Gasteiger partial charge in [-0.3, -0.25) is 4.99 Å². The molecule has 1 fully saturated rings. The van der Waals surface area contributed by atoms with E-state index in [9.17, 15) is 4.39 Å². The number of rotatable bonds is 4. The molecular formula is C22H25FN6. The van der Waals surface area contributed by atoms with Crippen molar-refractivity contribution in [3.8, 4) is 5.69 Å². The number of anilines is 1. The zero-order valence-corrected chi connectivity index (χ0v) is 16.5. The summed E-state index contributed by atoms with van der Waals surface area (Å²) in [5.41, 5.74) is 3.34. The van der Waals surface area contributed by atoms with Gasteiger partial charge in [-0.15, -0.1) is 0 Å². The van der Waals surface area contributed by atoms with Crippen LogP contribution in [0.4, 0.5) is 10.1 Å². The number of para-hydroxylation sites is 1. The minimum Gasteiger partial charge on any atom is -0.368 e. The number of halogens is 1. The Hall–Kier alpha value is -3.35. The van der Waals surface area contributed by atoms with Crippen LogP contribution >= 0.6 is 0 Å². The fourth-order valence-corrected chi connectivity index (χ4v) is 3.65. The molecule has 4 rings (SSSR count). The average molecular weight is 392 g/mol. The number of hydrogen-bond acceptors (Lipinski definition) is 3. The highest BCUT2D eigenvalue weighted by Crippen LogP contribution is 2.17. The van der Waals surface area contributed by atoms with Crippen LogP contribution in [0.5, 0.6) is 0 Å². The van der Waals surface area contributed by atoms with Gasteiger partial charge in [0.1, 0.15) is 5.82 Å². The van der Waals surface area contributed by atoms with Crippen LogP contribution in [0.25, 0.3) is 5.69 Å². The maximum atomic E-state index is 13.2. The van der Waals surface area contributed by atoms with Gasteiger partial charge in [-0.05, 0) is 35.9 Å². The Labute approximate surface area is 170 Å². The number of piperazine rings is 1. The van der Waals surface area contributed by atoms with Crippen molar-refractivity contribution in [1.29, 1.82) is 0 Å². The number of imidazole rings is 1. The van der Waals surface area contributed by atoms with Crippen LogP contribution < -0.4 is 10.2 Å². The van der Waals surface area contributed by atoms with Crippen molar-refractivity contribution in [3.63, 3.8) is 0 Å². The molecule has 2 heterocycles. The van der Waals surface area contributed by atoms with Gasteiger partial charge in [0.05, 0.1) is 12.0 Å². The monoisotopic (exact) mass is 392 g/mol. The van der Waals surface area contributed by atoms with Gasteiger partial charge in [0.15, 0.2) is 5.96 Å². The van der Waals surface area contributed by atoms with E-state index in [1.165, 1.54) is 17.7 Å². The Morgan fingerprint density at radius 1 is 1.07 bits per heavy atom. The van der Waals surface area contributed by atoms with Crippen molar-refractivity contribution in [3.05, 3.63) is 78.6 Å². The summed E-state index contributed by atoms with van der Waals surface area (Å²) in [5, 5.41) is 3.49. The summed E-state index contributed by atoms with van der Waals surface area (Å²) in [7, 11) is 1.82. The maximum Gasteiger partial charge on any atom is 0.194 e. The standard InChI is InChI=1S/C22H25FN6/c1-24-22(26-16-18-4-2-3-5-21(18)29-11-10-25-17-29)28-14-12-27(13-15-28)20-8-6-19(23)7-9-20/h2-11,17H,12-16H2,1H3,(H,24,26). The molecule has 1 saturated heterocycles. The Morgan fingerprint density at radius 2 is 1.83 bits per heavy atom. The molecular weight excluding hydrogens is 367 g/mol. The molecule has 0 aliphatic carbocycles. The number of nitrogens with one attached hydrogen (secondary N) is 1. The first-order chi connectivity index (χ1) is 14.2. The molecule has 0 atom stereocenters. The molecule has 0 amide bonds. The lowest BCUT2D eigenvalue weighted by molar-refractivity contribution is 0.372. The van der Waals surface area contributed by atoms with Crippen LogP contribution in [0.1, 0.15) is 5.56 Å². The van der Waals surface area contributed by atoms with Crippen molar-refractivity contribution in [2.75, 3.05) is 38.1 Å². The van der Waals surface area contributed by atoms with Gasteiger partial charge >= 0.3 is 0 Å².